The molecule has 2 amide bonds. The van der Waals surface area contributed by atoms with Gasteiger partial charge in [0.25, 0.3) is 11.8 Å². The number of β-amino-alcohol motifs (C(OH)–C–C–N with tert-alkyl or cyclic N) is 1. The van der Waals surface area contributed by atoms with E-state index in [-0.39, 0.29) is 24.4 Å². The van der Waals surface area contributed by atoms with Gasteiger partial charge in [-0.25, -0.2) is 0 Å². The summed E-state index contributed by atoms with van der Waals surface area (Å²) in [5.74, 6) is 0.891. The number of nitrogens with one attached hydrogen (secondary N) is 1. The Kier molecular flexibility index (Phi) is 6.08. The second-order valence-corrected chi connectivity index (χ2v) is 9.63. The average Bonchev–Trinajstić information content (AvgIpc) is 3.53. The minimum Gasteiger partial charge on any atom is -0.496 e. The third-order valence-corrected chi connectivity index (χ3v) is 6.62. The molecule has 2 aliphatic rings. The van der Waals surface area contributed by atoms with Gasteiger partial charge in [-0.3, -0.25) is 9.59 Å². The molecule has 2 aromatic carbocycles. The smallest absolute Gasteiger partial charge is 0.254 e. The molecule has 2 fully saturated rings. The first-order valence-electron chi connectivity index (χ1n) is 10.5. The number of amides is 2. The standard InChI is InChI=1S/C24H27BrN2O4/c1-24(30)12-20(16-4-3-5-17(10-16)22(28)26-13-15-6-7-15)27(14-24)23(29)18-8-9-19(25)21(11-18)31-2/h3-5,8-11,15,20,30H,6-7,12-14H2,1-2H3,(H,26,28)/t20-,24?/m1/s1. The quantitative estimate of drug-likeness (QED) is 0.647. The Morgan fingerprint density at radius 1 is 1.23 bits per heavy atom. The number of likely N-dealkylation sites (tertiary alicyclic amines) is 1. The Bertz CT molecular complexity index is 1000. The third-order valence-electron chi connectivity index (χ3n) is 5.96. The van der Waals surface area contributed by atoms with Crippen molar-refractivity contribution >= 4 is 27.7 Å². The van der Waals surface area contributed by atoms with Crippen LogP contribution in [0.15, 0.2) is 46.9 Å². The summed E-state index contributed by atoms with van der Waals surface area (Å²) < 4.78 is 6.09. The van der Waals surface area contributed by atoms with Crippen LogP contribution in [0.2, 0.25) is 0 Å². The monoisotopic (exact) mass is 486 g/mol. The van der Waals surface area contributed by atoms with Crippen LogP contribution < -0.4 is 10.1 Å². The van der Waals surface area contributed by atoms with Crippen LogP contribution in [0.25, 0.3) is 0 Å². The van der Waals surface area contributed by atoms with Crippen LogP contribution in [0.3, 0.4) is 0 Å². The number of rotatable bonds is 6. The molecule has 4 rings (SSSR count). The zero-order valence-corrected chi connectivity index (χ0v) is 19.3. The van der Waals surface area contributed by atoms with Gasteiger partial charge in [-0.05, 0) is 77.5 Å². The lowest BCUT2D eigenvalue weighted by molar-refractivity contribution is 0.0565. The summed E-state index contributed by atoms with van der Waals surface area (Å²) in [6.07, 6.45) is 2.75. The van der Waals surface area contributed by atoms with Crippen LogP contribution in [0.5, 0.6) is 5.75 Å². The van der Waals surface area contributed by atoms with E-state index in [4.69, 9.17) is 4.74 Å². The Morgan fingerprint density at radius 2 is 2.00 bits per heavy atom. The Morgan fingerprint density at radius 3 is 2.71 bits per heavy atom. The first-order valence-corrected chi connectivity index (χ1v) is 11.3. The minimum atomic E-state index is -1.01. The minimum absolute atomic E-state index is 0.103. The first-order chi connectivity index (χ1) is 14.8. The number of carbonyl (C=O) groups is 2. The van der Waals surface area contributed by atoms with Crippen molar-refractivity contribution in [3.63, 3.8) is 0 Å². The van der Waals surface area contributed by atoms with Crippen molar-refractivity contribution < 1.29 is 19.4 Å². The van der Waals surface area contributed by atoms with Crippen LogP contribution in [0, 0.1) is 5.92 Å². The molecular formula is C24H27BrN2O4. The Labute approximate surface area is 190 Å². The molecule has 1 saturated heterocycles. The van der Waals surface area contributed by atoms with E-state index in [0.717, 1.165) is 10.0 Å². The largest absolute Gasteiger partial charge is 0.496 e. The van der Waals surface area contributed by atoms with E-state index in [1.54, 1.807) is 43.2 Å². The summed E-state index contributed by atoms with van der Waals surface area (Å²) in [6, 6.07) is 12.2. The van der Waals surface area contributed by atoms with Crippen LogP contribution in [-0.4, -0.2) is 47.6 Å². The van der Waals surface area contributed by atoms with E-state index in [9.17, 15) is 14.7 Å². The van der Waals surface area contributed by atoms with Gasteiger partial charge in [-0.1, -0.05) is 12.1 Å². The van der Waals surface area contributed by atoms with Crippen LogP contribution >= 0.6 is 15.9 Å². The molecule has 0 bridgehead atoms. The van der Waals surface area contributed by atoms with Crippen molar-refractivity contribution in [1.29, 1.82) is 0 Å². The van der Waals surface area contributed by atoms with E-state index >= 15 is 0 Å². The van der Waals surface area contributed by atoms with Crippen LogP contribution in [0.4, 0.5) is 0 Å². The molecule has 1 aliphatic carbocycles. The third kappa shape index (κ3) is 4.93. The van der Waals surface area contributed by atoms with E-state index < -0.39 is 5.60 Å². The SMILES string of the molecule is COc1cc(C(=O)N2CC(C)(O)C[C@@H]2c2cccc(C(=O)NCC3CC3)c2)ccc1Br. The number of nitrogens with zero attached hydrogens (tertiary/aromatic N) is 1. The van der Waals surface area contributed by atoms with Gasteiger partial charge in [0, 0.05) is 24.1 Å². The molecule has 31 heavy (non-hydrogen) atoms. The summed E-state index contributed by atoms with van der Waals surface area (Å²) in [7, 11) is 1.55. The molecule has 1 saturated carbocycles. The number of halogens is 1. The normalized spacial score (nSPS) is 23.0. The van der Waals surface area contributed by atoms with Gasteiger partial charge in [0.05, 0.1) is 29.8 Å². The van der Waals surface area contributed by atoms with Gasteiger partial charge >= 0.3 is 0 Å². The van der Waals surface area contributed by atoms with Crippen LogP contribution in [0.1, 0.15) is 58.5 Å². The maximum Gasteiger partial charge on any atom is 0.254 e. The van der Waals surface area contributed by atoms with Crippen LogP contribution in [-0.2, 0) is 0 Å². The summed E-state index contributed by atoms with van der Waals surface area (Å²) in [5, 5.41) is 13.7. The molecular weight excluding hydrogens is 460 g/mol. The highest BCUT2D eigenvalue weighted by atomic mass is 79.9. The fourth-order valence-electron chi connectivity index (χ4n) is 4.09. The second-order valence-electron chi connectivity index (χ2n) is 8.78. The highest BCUT2D eigenvalue weighted by Gasteiger charge is 2.42. The molecule has 2 aromatic rings. The van der Waals surface area contributed by atoms with Crippen molar-refractivity contribution in [2.75, 3.05) is 20.2 Å². The lowest BCUT2D eigenvalue weighted by Crippen LogP contribution is -2.35. The van der Waals surface area contributed by atoms with Crippen molar-refractivity contribution in [3.8, 4) is 5.75 Å². The summed E-state index contributed by atoms with van der Waals surface area (Å²) in [5.41, 5.74) is 0.891. The van der Waals surface area contributed by atoms with E-state index in [1.165, 1.54) is 12.8 Å². The maximum atomic E-state index is 13.4. The number of carbonyl (C=O) groups excluding carboxylic acids is 2. The number of hydrogen-bond donors (Lipinski definition) is 2. The number of hydrogen-bond acceptors (Lipinski definition) is 4. The predicted octanol–water partition coefficient (Wildman–Crippen LogP) is 3.94. The number of aliphatic hydroxyl groups is 1. The molecule has 1 aliphatic heterocycles. The predicted molar refractivity (Wildman–Crippen MR) is 121 cm³/mol. The zero-order chi connectivity index (χ0) is 22.2. The molecule has 1 unspecified atom stereocenters. The zero-order valence-electron chi connectivity index (χ0n) is 17.7. The van der Waals surface area contributed by atoms with Crippen molar-refractivity contribution in [1.82, 2.24) is 10.2 Å². The summed E-state index contributed by atoms with van der Waals surface area (Å²) in [4.78, 5) is 27.6. The van der Waals surface area contributed by atoms with Gasteiger partial charge in [0.15, 0.2) is 0 Å². The van der Waals surface area contributed by atoms with E-state index in [0.29, 0.717) is 35.8 Å². The van der Waals surface area contributed by atoms with E-state index in [1.807, 2.05) is 18.2 Å². The molecule has 0 spiro atoms. The maximum absolute atomic E-state index is 13.4. The first kappa shape index (κ1) is 21.8. The second kappa shape index (κ2) is 8.63. The van der Waals surface area contributed by atoms with Gasteiger partial charge < -0.3 is 20.1 Å². The van der Waals surface area contributed by atoms with Crippen molar-refractivity contribution in [2.45, 2.75) is 37.8 Å². The lowest BCUT2D eigenvalue weighted by Gasteiger charge is -2.25. The lowest BCUT2D eigenvalue weighted by atomic mass is 9.96. The van der Waals surface area contributed by atoms with Gasteiger partial charge in [0.1, 0.15) is 5.75 Å². The Hall–Kier alpha value is -2.38. The fraction of sp³-hybridized carbons (Fsp3) is 0.417. The molecule has 1 heterocycles. The average molecular weight is 487 g/mol. The van der Waals surface area contributed by atoms with Crippen molar-refractivity contribution in [2.24, 2.45) is 5.92 Å². The van der Waals surface area contributed by atoms with Gasteiger partial charge in [-0.2, -0.15) is 0 Å². The van der Waals surface area contributed by atoms with E-state index in [2.05, 4.69) is 21.2 Å². The molecule has 0 radical (unpaired) electrons. The molecule has 7 heteroatoms. The number of methoxy groups -OCH3 is 1. The highest BCUT2D eigenvalue weighted by Crippen LogP contribution is 2.39. The topological polar surface area (TPSA) is 78.9 Å². The Balaban J connectivity index is 1.59. The number of ether oxygens (including phenoxy) is 1. The van der Waals surface area contributed by atoms with Gasteiger partial charge in [0.2, 0.25) is 0 Å². The molecule has 2 N–H and O–H groups in total. The van der Waals surface area contributed by atoms with Gasteiger partial charge in [-0.15, -0.1) is 0 Å². The fourth-order valence-corrected chi connectivity index (χ4v) is 4.49. The van der Waals surface area contributed by atoms with Crippen molar-refractivity contribution in [3.05, 3.63) is 63.6 Å². The molecule has 164 valence electrons. The molecule has 2 atom stereocenters. The summed E-state index contributed by atoms with van der Waals surface area (Å²) >= 11 is 3.41. The molecule has 0 aromatic heterocycles. The molecule has 6 nitrogen and oxygen atoms in total. The summed E-state index contributed by atoms with van der Waals surface area (Å²) in [6.45, 7) is 2.66. The number of benzene rings is 2. The highest BCUT2D eigenvalue weighted by molar-refractivity contribution is 9.10.